The molecular weight excluding hydrogens is 608 g/mol. The summed E-state index contributed by atoms with van der Waals surface area (Å²) in [4.78, 5) is 67.7. The highest BCUT2D eigenvalue weighted by Crippen LogP contribution is 2.31. The van der Waals surface area contributed by atoms with Gasteiger partial charge in [-0.2, -0.15) is 0 Å². The zero-order chi connectivity index (χ0) is 31.6. The molecule has 4 rings (SSSR count). The normalized spacial score (nSPS) is 14.8. The molecule has 4 amide bonds. The molecule has 0 spiro atoms. The number of rotatable bonds is 13. The molecule has 2 heterocycles. The first-order valence-electron chi connectivity index (χ1n) is 13.8. The van der Waals surface area contributed by atoms with Gasteiger partial charge >= 0.3 is 12.1 Å². The van der Waals surface area contributed by atoms with Crippen LogP contribution in [0.1, 0.15) is 43.7 Å². The van der Waals surface area contributed by atoms with Gasteiger partial charge in [0.25, 0.3) is 0 Å². The van der Waals surface area contributed by atoms with Crippen molar-refractivity contribution in [3.8, 4) is 0 Å². The van der Waals surface area contributed by atoms with Crippen LogP contribution in [0.25, 0.3) is 10.2 Å². The number of aliphatic carboxylic acids is 1. The molecule has 1 unspecified atom stereocenters. The maximum Gasteiger partial charge on any atom is 0.411 e. The van der Waals surface area contributed by atoms with Gasteiger partial charge in [0, 0.05) is 37.5 Å². The SMILES string of the molecule is CC(=O)NCCCCC(NC(C)=O)C(=O)Nc1ccc(COC(=O)Nc2ccc3nc(C4=N[C@@H](C(=O)O)CS4)sc3c2)cc1. The number of carboxylic acid groups (broad SMARTS) is 1. The maximum atomic E-state index is 12.8. The van der Waals surface area contributed by atoms with Crippen LogP contribution in [0, 0.1) is 0 Å². The number of carbonyl (C=O) groups excluding carboxylic acids is 4. The van der Waals surface area contributed by atoms with E-state index in [1.807, 2.05) is 0 Å². The highest BCUT2D eigenvalue weighted by atomic mass is 32.2. The quantitative estimate of drug-likeness (QED) is 0.173. The predicted molar refractivity (Wildman–Crippen MR) is 169 cm³/mol. The van der Waals surface area contributed by atoms with E-state index in [-0.39, 0.29) is 24.3 Å². The number of carbonyl (C=O) groups is 5. The fraction of sp³-hybridized carbons (Fsp3) is 0.345. The van der Waals surface area contributed by atoms with E-state index < -0.39 is 24.1 Å². The second-order valence-corrected chi connectivity index (χ2v) is 12.0. The zero-order valence-corrected chi connectivity index (χ0v) is 25.7. The first-order valence-corrected chi connectivity index (χ1v) is 15.6. The molecule has 2 aromatic carbocycles. The lowest BCUT2D eigenvalue weighted by molar-refractivity contribution is -0.137. The predicted octanol–water partition coefficient (Wildman–Crippen LogP) is 3.74. The third-order valence-corrected chi connectivity index (χ3v) is 8.54. The second kappa shape index (κ2) is 15.3. The van der Waals surface area contributed by atoms with Gasteiger partial charge < -0.3 is 25.8 Å². The number of amides is 4. The maximum absolute atomic E-state index is 12.8. The van der Waals surface area contributed by atoms with Crippen LogP contribution >= 0.6 is 23.1 Å². The summed E-state index contributed by atoms with van der Waals surface area (Å²) in [5, 5.41) is 21.2. The number of fused-ring (bicyclic) bond motifs is 1. The Labute approximate surface area is 261 Å². The Bertz CT molecular complexity index is 1570. The van der Waals surface area contributed by atoms with Gasteiger partial charge in [-0.3, -0.25) is 24.7 Å². The Kier molecular flexibility index (Phi) is 11.3. The summed E-state index contributed by atoms with van der Waals surface area (Å²) in [6.45, 7) is 3.29. The monoisotopic (exact) mass is 640 g/mol. The van der Waals surface area contributed by atoms with Crippen LogP contribution in [-0.4, -0.2) is 69.3 Å². The molecule has 5 N–H and O–H groups in total. The molecule has 1 aromatic heterocycles. The number of nitrogens with zero attached hydrogens (tertiary/aromatic N) is 2. The molecule has 0 saturated carbocycles. The molecule has 1 aliphatic rings. The van der Waals surface area contributed by atoms with Crippen molar-refractivity contribution in [3.05, 3.63) is 53.0 Å². The molecule has 1 aliphatic heterocycles. The van der Waals surface area contributed by atoms with Gasteiger partial charge in [0.05, 0.1) is 10.2 Å². The number of unbranched alkanes of at least 4 members (excludes halogenated alkanes) is 1. The topological polar surface area (TPSA) is 188 Å². The van der Waals surface area contributed by atoms with Gasteiger partial charge in [-0.05, 0) is 55.2 Å². The number of hydrogen-bond donors (Lipinski definition) is 5. The van der Waals surface area contributed by atoms with Crippen LogP contribution in [0.3, 0.4) is 0 Å². The molecule has 0 fully saturated rings. The van der Waals surface area contributed by atoms with Crippen molar-refractivity contribution in [2.24, 2.45) is 4.99 Å². The molecular formula is C29H32N6O7S2. The average molecular weight is 641 g/mol. The Morgan fingerprint density at radius 3 is 2.43 bits per heavy atom. The first kappa shape index (κ1) is 32.4. The minimum atomic E-state index is -0.961. The lowest BCUT2D eigenvalue weighted by Crippen LogP contribution is -2.42. The van der Waals surface area contributed by atoms with Gasteiger partial charge in [0.15, 0.2) is 6.04 Å². The molecule has 0 saturated heterocycles. The van der Waals surface area contributed by atoms with E-state index in [2.05, 4.69) is 31.2 Å². The number of thiazole rings is 1. The van der Waals surface area contributed by atoms with Crippen LogP contribution in [-0.2, 0) is 30.5 Å². The van der Waals surface area contributed by atoms with Crippen LogP contribution in [0.2, 0.25) is 0 Å². The summed E-state index contributed by atoms with van der Waals surface area (Å²) in [6, 6.07) is 10.5. The number of ether oxygens (including phenoxy) is 1. The number of benzene rings is 2. The van der Waals surface area contributed by atoms with Gasteiger partial charge in [-0.15, -0.1) is 23.1 Å². The molecule has 0 radical (unpaired) electrons. The summed E-state index contributed by atoms with van der Waals surface area (Å²) in [6.07, 6.45) is 1.09. The highest BCUT2D eigenvalue weighted by Gasteiger charge is 2.27. The zero-order valence-electron chi connectivity index (χ0n) is 24.0. The number of hydrogen-bond acceptors (Lipinski definition) is 10. The number of carboxylic acids is 1. The fourth-order valence-electron chi connectivity index (χ4n) is 4.18. The summed E-state index contributed by atoms with van der Waals surface area (Å²) in [7, 11) is 0. The largest absolute Gasteiger partial charge is 0.480 e. The summed E-state index contributed by atoms with van der Waals surface area (Å²) < 4.78 is 6.15. The number of thioether (sulfide) groups is 1. The third-order valence-electron chi connectivity index (χ3n) is 6.33. The van der Waals surface area contributed by atoms with E-state index in [1.54, 1.807) is 42.5 Å². The smallest absolute Gasteiger partial charge is 0.411 e. The number of aromatic nitrogens is 1. The second-order valence-electron chi connectivity index (χ2n) is 9.92. The summed E-state index contributed by atoms with van der Waals surface area (Å²) >= 11 is 2.72. The van der Waals surface area contributed by atoms with E-state index in [1.165, 1.54) is 36.9 Å². The van der Waals surface area contributed by atoms with Crippen molar-refractivity contribution in [3.63, 3.8) is 0 Å². The number of anilines is 2. The van der Waals surface area contributed by atoms with E-state index in [4.69, 9.17) is 9.84 Å². The Balaban J connectivity index is 1.25. The van der Waals surface area contributed by atoms with Crippen molar-refractivity contribution in [2.75, 3.05) is 22.9 Å². The van der Waals surface area contributed by atoms with Gasteiger partial charge in [-0.25, -0.2) is 14.6 Å². The molecule has 15 heteroatoms. The Morgan fingerprint density at radius 2 is 1.75 bits per heavy atom. The van der Waals surface area contributed by atoms with Crippen LogP contribution < -0.4 is 21.3 Å². The highest BCUT2D eigenvalue weighted by molar-refractivity contribution is 8.15. The summed E-state index contributed by atoms with van der Waals surface area (Å²) in [5.41, 5.74) is 2.45. The van der Waals surface area contributed by atoms with Gasteiger partial charge in [0.2, 0.25) is 17.7 Å². The van der Waals surface area contributed by atoms with E-state index in [0.717, 1.165) is 4.70 Å². The number of nitrogens with one attached hydrogen (secondary N) is 4. The lowest BCUT2D eigenvalue weighted by atomic mass is 10.1. The first-order chi connectivity index (χ1) is 21.1. The van der Waals surface area contributed by atoms with Gasteiger partial charge in [0.1, 0.15) is 22.7 Å². The van der Waals surface area contributed by atoms with E-state index >= 15 is 0 Å². The summed E-state index contributed by atoms with van der Waals surface area (Å²) in [5.74, 6) is -1.37. The molecule has 2 atom stereocenters. The Hall–Kier alpha value is -4.50. The van der Waals surface area contributed by atoms with E-state index in [9.17, 15) is 24.0 Å². The molecule has 3 aromatic rings. The van der Waals surface area contributed by atoms with Gasteiger partial charge in [-0.1, -0.05) is 12.1 Å². The minimum absolute atomic E-state index is 0.00236. The van der Waals surface area contributed by atoms with Crippen LogP contribution in [0.15, 0.2) is 47.5 Å². The molecule has 44 heavy (non-hydrogen) atoms. The third kappa shape index (κ3) is 9.50. The fourth-order valence-corrected chi connectivity index (χ4v) is 6.28. The standard InChI is InChI=1S/C29H32N6O7S2/c1-16(36)30-12-4-3-5-22(31-17(2)37)25(38)32-19-8-6-18(7-9-19)14-42-29(41)33-20-10-11-21-24(13-20)44-27(34-21)26-35-23(15-43-26)28(39)40/h6-11,13,22-23H,3-5,12,14-15H2,1-2H3,(H,30,36)(H,31,37)(H,32,38)(H,33,41)(H,39,40)/t22?,23-/m1/s1. The molecule has 0 aliphatic carbocycles. The number of aliphatic imine (C=N–C) groups is 1. The molecule has 232 valence electrons. The lowest BCUT2D eigenvalue weighted by Gasteiger charge is -2.18. The Morgan fingerprint density at radius 1 is 1.00 bits per heavy atom. The minimum Gasteiger partial charge on any atom is -0.480 e. The molecule has 13 nitrogen and oxygen atoms in total. The molecule has 0 bridgehead atoms. The van der Waals surface area contributed by atoms with Crippen molar-refractivity contribution in [1.29, 1.82) is 0 Å². The van der Waals surface area contributed by atoms with Crippen molar-refractivity contribution in [1.82, 2.24) is 15.6 Å². The van der Waals surface area contributed by atoms with Crippen LogP contribution in [0.4, 0.5) is 16.2 Å². The van der Waals surface area contributed by atoms with Crippen molar-refractivity contribution in [2.45, 2.75) is 51.8 Å². The van der Waals surface area contributed by atoms with Crippen LogP contribution in [0.5, 0.6) is 0 Å². The van der Waals surface area contributed by atoms with Crippen molar-refractivity contribution < 1.29 is 33.8 Å². The van der Waals surface area contributed by atoms with Crippen molar-refractivity contribution >= 4 is 79.5 Å². The van der Waals surface area contributed by atoms with E-state index in [0.29, 0.717) is 64.1 Å². The average Bonchev–Trinajstić information content (AvgIpc) is 3.63.